The largest absolute Gasteiger partial charge is 0.229 e. The highest BCUT2D eigenvalue weighted by Gasteiger charge is 2.25. The highest BCUT2D eigenvalue weighted by molar-refractivity contribution is 6.40. The molecule has 1 aliphatic rings. The molecule has 0 radical (unpaired) electrons. The predicted octanol–water partition coefficient (Wildman–Crippen LogP) is 6.52. The second-order valence-corrected chi connectivity index (χ2v) is 7.37. The minimum Gasteiger partial charge on any atom is -0.229 e. The summed E-state index contributed by atoms with van der Waals surface area (Å²) in [5, 5.41) is 6.05. The first-order valence-electron chi connectivity index (χ1n) is 8.06. The Labute approximate surface area is 160 Å². The molecule has 6 heteroatoms. The molecule has 0 amide bonds. The highest BCUT2D eigenvalue weighted by atomic mass is 35.5. The number of hydrogen-bond donors (Lipinski definition) is 0. The van der Waals surface area contributed by atoms with Gasteiger partial charge in [0.1, 0.15) is 11.5 Å². The van der Waals surface area contributed by atoms with Gasteiger partial charge in [-0.05, 0) is 49.9 Å². The topological polar surface area (TPSA) is 17.8 Å². The van der Waals surface area contributed by atoms with E-state index >= 15 is 0 Å². The zero-order valence-corrected chi connectivity index (χ0v) is 15.5. The van der Waals surface area contributed by atoms with Crippen LogP contribution < -0.4 is 0 Å². The van der Waals surface area contributed by atoms with E-state index in [4.69, 9.17) is 39.9 Å². The molecule has 0 atom stereocenters. The monoisotopic (exact) mass is 394 g/mol. The van der Waals surface area contributed by atoms with Crippen molar-refractivity contribution in [1.29, 1.82) is 0 Å². The molecule has 2 aromatic carbocycles. The van der Waals surface area contributed by atoms with Crippen molar-refractivity contribution in [2.45, 2.75) is 25.7 Å². The van der Waals surface area contributed by atoms with Crippen LogP contribution >= 0.6 is 34.8 Å². The van der Waals surface area contributed by atoms with Gasteiger partial charge in [-0.25, -0.2) is 9.07 Å². The van der Waals surface area contributed by atoms with Crippen molar-refractivity contribution in [3.05, 3.63) is 68.5 Å². The SMILES string of the molecule is Fc1cccc(-c2c3c(nn2-c2c(Cl)cc(Cl)cc2Cl)CCCC3)c1. The maximum atomic E-state index is 13.8. The summed E-state index contributed by atoms with van der Waals surface area (Å²) in [4.78, 5) is 0. The summed E-state index contributed by atoms with van der Waals surface area (Å²) in [5.74, 6) is -0.289. The second-order valence-electron chi connectivity index (χ2n) is 6.12. The average Bonchev–Trinajstić information content (AvgIpc) is 2.92. The van der Waals surface area contributed by atoms with Gasteiger partial charge in [0.05, 0.1) is 21.4 Å². The zero-order chi connectivity index (χ0) is 17.6. The van der Waals surface area contributed by atoms with Crippen LogP contribution in [0.15, 0.2) is 36.4 Å². The summed E-state index contributed by atoms with van der Waals surface area (Å²) in [6.07, 6.45) is 3.98. The fourth-order valence-corrected chi connectivity index (χ4v) is 4.36. The second kappa shape index (κ2) is 6.64. The van der Waals surface area contributed by atoms with E-state index in [0.717, 1.165) is 48.2 Å². The molecule has 1 aliphatic carbocycles. The van der Waals surface area contributed by atoms with E-state index in [1.165, 1.54) is 12.1 Å². The van der Waals surface area contributed by atoms with Crippen LogP contribution in [0, 0.1) is 5.82 Å². The number of halogens is 4. The summed E-state index contributed by atoms with van der Waals surface area (Å²) in [6, 6.07) is 9.80. The lowest BCUT2D eigenvalue weighted by Crippen LogP contribution is -2.02. The van der Waals surface area contributed by atoms with Crippen LogP contribution in [0.4, 0.5) is 4.39 Å². The van der Waals surface area contributed by atoms with E-state index in [1.54, 1.807) is 22.9 Å². The molecule has 4 rings (SSSR count). The van der Waals surface area contributed by atoms with Crippen LogP contribution in [-0.4, -0.2) is 9.78 Å². The molecule has 3 aromatic rings. The van der Waals surface area contributed by atoms with E-state index in [1.807, 2.05) is 6.07 Å². The van der Waals surface area contributed by atoms with E-state index in [-0.39, 0.29) is 5.82 Å². The minimum atomic E-state index is -0.289. The molecule has 0 N–H and O–H groups in total. The van der Waals surface area contributed by atoms with Crippen LogP contribution in [-0.2, 0) is 12.8 Å². The number of fused-ring (bicyclic) bond motifs is 1. The van der Waals surface area contributed by atoms with Crippen LogP contribution in [0.2, 0.25) is 15.1 Å². The Morgan fingerprint density at radius 1 is 0.960 bits per heavy atom. The van der Waals surface area contributed by atoms with E-state index in [9.17, 15) is 4.39 Å². The van der Waals surface area contributed by atoms with Gasteiger partial charge in [0.2, 0.25) is 0 Å². The average molecular weight is 396 g/mol. The number of benzene rings is 2. The molecule has 0 saturated heterocycles. The molecule has 1 aromatic heterocycles. The van der Waals surface area contributed by atoms with Crippen LogP contribution in [0.5, 0.6) is 0 Å². The van der Waals surface area contributed by atoms with Crippen LogP contribution in [0.25, 0.3) is 16.9 Å². The molecule has 128 valence electrons. The third-order valence-electron chi connectivity index (χ3n) is 4.45. The van der Waals surface area contributed by atoms with Gasteiger partial charge in [-0.2, -0.15) is 5.10 Å². The number of rotatable bonds is 2. The van der Waals surface area contributed by atoms with Crippen LogP contribution in [0.3, 0.4) is 0 Å². The van der Waals surface area contributed by atoms with Crippen molar-refractivity contribution >= 4 is 34.8 Å². The third-order valence-corrected chi connectivity index (χ3v) is 5.24. The number of nitrogens with zero attached hydrogens (tertiary/aromatic N) is 2. The Balaban J connectivity index is 2.02. The Kier molecular flexibility index (Phi) is 4.48. The zero-order valence-electron chi connectivity index (χ0n) is 13.2. The van der Waals surface area contributed by atoms with Crippen molar-refractivity contribution in [2.75, 3.05) is 0 Å². The van der Waals surface area contributed by atoms with E-state index < -0.39 is 0 Å². The molecule has 1 heterocycles. The third kappa shape index (κ3) is 3.05. The summed E-state index contributed by atoms with van der Waals surface area (Å²) >= 11 is 18.9. The molecule has 2 nitrogen and oxygen atoms in total. The lowest BCUT2D eigenvalue weighted by molar-refractivity contribution is 0.628. The van der Waals surface area contributed by atoms with Crippen LogP contribution in [0.1, 0.15) is 24.1 Å². The maximum Gasteiger partial charge on any atom is 0.123 e. The molecule has 0 fully saturated rings. The summed E-state index contributed by atoms with van der Waals surface area (Å²) in [5.41, 5.74) is 4.34. The van der Waals surface area contributed by atoms with Crippen molar-refractivity contribution in [1.82, 2.24) is 9.78 Å². The predicted molar refractivity (Wildman–Crippen MR) is 101 cm³/mol. The van der Waals surface area contributed by atoms with Gasteiger partial charge in [-0.3, -0.25) is 0 Å². The number of aryl methyl sites for hydroxylation is 1. The fraction of sp³-hybridized carbons (Fsp3) is 0.211. The molecule has 0 spiro atoms. The molecular formula is C19H14Cl3FN2. The number of hydrogen-bond acceptors (Lipinski definition) is 1. The Morgan fingerprint density at radius 3 is 2.40 bits per heavy atom. The fourth-order valence-electron chi connectivity index (χ4n) is 3.38. The van der Waals surface area contributed by atoms with Gasteiger partial charge < -0.3 is 0 Å². The first kappa shape index (κ1) is 16.9. The summed E-state index contributed by atoms with van der Waals surface area (Å²) in [7, 11) is 0. The van der Waals surface area contributed by atoms with Gasteiger partial charge >= 0.3 is 0 Å². The molecule has 0 aliphatic heterocycles. The Morgan fingerprint density at radius 2 is 1.68 bits per heavy atom. The van der Waals surface area contributed by atoms with Gasteiger partial charge in [0, 0.05) is 16.1 Å². The van der Waals surface area contributed by atoms with E-state index in [2.05, 4.69) is 0 Å². The molecule has 0 unspecified atom stereocenters. The van der Waals surface area contributed by atoms with Gasteiger partial charge in [0.15, 0.2) is 0 Å². The lowest BCUT2D eigenvalue weighted by Gasteiger charge is -2.14. The smallest absolute Gasteiger partial charge is 0.123 e. The highest BCUT2D eigenvalue weighted by Crippen LogP contribution is 2.39. The minimum absolute atomic E-state index is 0.289. The Hall–Kier alpha value is -1.55. The normalized spacial score (nSPS) is 13.8. The van der Waals surface area contributed by atoms with E-state index in [0.29, 0.717) is 20.8 Å². The van der Waals surface area contributed by atoms with Crippen molar-refractivity contribution in [3.8, 4) is 16.9 Å². The molecule has 0 bridgehead atoms. The van der Waals surface area contributed by atoms with Crippen molar-refractivity contribution < 1.29 is 4.39 Å². The Bertz CT molecular complexity index is 942. The molecular weight excluding hydrogens is 382 g/mol. The maximum absolute atomic E-state index is 13.8. The standard InChI is InChI=1S/C19H14Cl3FN2/c20-12-9-15(21)19(16(22)10-12)25-18(11-4-3-5-13(23)8-11)14-6-1-2-7-17(14)24-25/h3-5,8-10H,1-2,6-7H2. The molecule has 25 heavy (non-hydrogen) atoms. The first-order valence-corrected chi connectivity index (χ1v) is 9.19. The van der Waals surface area contributed by atoms with Gasteiger partial charge in [0.25, 0.3) is 0 Å². The molecule has 0 saturated carbocycles. The van der Waals surface area contributed by atoms with Gasteiger partial charge in [-0.15, -0.1) is 0 Å². The quantitative estimate of drug-likeness (QED) is 0.483. The van der Waals surface area contributed by atoms with Gasteiger partial charge in [-0.1, -0.05) is 46.9 Å². The summed E-state index contributed by atoms with van der Waals surface area (Å²) in [6.45, 7) is 0. The summed E-state index contributed by atoms with van der Waals surface area (Å²) < 4.78 is 15.6. The van der Waals surface area contributed by atoms with Crippen molar-refractivity contribution in [2.24, 2.45) is 0 Å². The lowest BCUT2D eigenvalue weighted by atomic mass is 9.93. The first-order chi connectivity index (χ1) is 12.0. The van der Waals surface area contributed by atoms with Crippen molar-refractivity contribution in [3.63, 3.8) is 0 Å². The number of aromatic nitrogens is 2.